The highest BCUT2D eigenvalue weighted by atomic mass is 16.4. The Kier molecular flexibility index (Phi) is 9.99. The van der Waals surface area contributed by atoms with Crippen molar-refractivity contribution in [2.45, 2.75) is 123 Å². The molecule has 1 N–H and O–H groups in total. The van der Waals surface area contributed by atoms with Crippen molar-refractivity contribution in [3.05, 3.63) is 185 Å². The molecule has 8 aromatic carbocycles. The van der Waals surface area contributed by atoms with E-state index in [4.69, 9.17) is 8.83 Å². The van der Waals surface area contributed by atoms with Crippen LogP contribution in [0.5, 0.6) is 0 Å². The number of hydrogen-bond donors (Lipinski definition) is 1. The van der Waals surface area contributed by atoms with Crippen LogP contribution in [0.4, 0.5) is 28.6 Å². The highest BCUT2D eigenvalue weighted by Gasteiger charge is 2.43. The van der Waals surface area contributed by atoms with Gasteiger partial charge in [-0.3, -0.25) is 4.90 Å². The van der Waals surface area contributed by atoms with E-state index in [1.165, 1.54) is 44.5 Å². The summed E-state index contributed by atoms with van der Waals surface area (Å²) < 4.78 is 14.7. The maximum absolute atomic E-state index is 7.50. The lowest BCUT2D eigenvalue weighted by molar-refractivity contribution is 0.332. The standard InChI is InChI=1S/C69H66BN2O2/c1-65(2,3)41-26-29-43(30-27-41)71-61-47(32-31-46-44-22-16-18-24-52(44)69(11,12)58(46)61)49-37-50-45-23-17-19-25-56(45)73-63(50)62-59(49)70-60-51-38-53-54(68(9,10)35-34-67(53,7)8)39-57(51)74-64(60)72(62)55-33-28-42(66(4,5)6)36-48(55)40-20-14-13-15-21-40/h13-33,36-39,71H,34-35H2,1-12H3. The summed E-state index contributed by atoms with van der Waals surface area (Å²) in [6, 6.07) is 56.6. The zero-order valence-electron chi connectivity index (χ0n) is 45.2. The van der Waals surface area contributed by atoms with E-state index in [0.717, 1.165) is 108 Å². The van der Waals surface area contributed by atoms with Crippen molar-refractivity contribution in [2.75, 3.05) is 10.2 Å². The van der Waals surface area contributed by atoms with Gasteiger partial charge in [-0.2, -0.15) is 0 Å². The number of para-hydroxylation sites is 1. The molecule has 0 spiro atoms. The van der Waals surface area contributed by atoms with Crippen LogP contribution < -0.4 is 21.1 Å². The molecule has 0 bridgehead atoms. The first-order valence-corrected chi connectivity index (χ1v) is 26.8. The Morgan fingerprint density at radius 3 is 1.88 bits per heavy atom. The van der Waals surface area contributed by atoms with Crippen molar-refractivity contribution in [3.8, 4) is 33.4 Å². The van der Waals surface area contributed by atoms with Crippen LogP contribution in [0.3, 0.4) is 0 Å². The van der Waals surface area contributed by atoms with Crippen LogP contribution in [0.1, 0.15) is 129 Å². The molecule has 0 saturated heterocycles. The summed E-state index contributed by atoms with van der Waals surface area (Å²) in [6.45, 7) is 28.2. The number of rotatable bonds is 5. The van der Waals surface area contributed by atoms with Crippen LogP contribution in [-0.4, -0.2) is 7.28 Å². The second kappa shape index (κ2) is 15.9. The SMILES string of the molecule is CC(C)(C)c1ccc(Nc2c(-c3cc4c(oc5ccccc54)c4c3[B]c3c(oc5cc6c(cc35)C(C)(C)CCC6(C)C)N4c3ccc(C(C)(C)C)cc3-c3ccccc3)ccc3c2C(C)(C)c2ccccc2-3)cc1. The van der Waals surface area contributed by atoms with Crippen LogP contribution in [0.15, 0.2) is 160 Å². The molecule has 13 rings (SSSR count). The smallest absolute Gasteiger partial charge is 0.203 e. The Bertz CT molecular complexity index is 3940. The van der Waals surface area contributed by atoms with Gasteiger partial charge in [0.05, 0.1) is 17.1 Å². The molecular formula is C69H66BN2O2. The Labute approximate surface area is 438 Å². The van der Waals surface area contributed by atoms with Gasteiger partial charge in [-0.1, -0.05) is 186 Å². The maximum Gasteiger partial charge on any atom is 0.203 e. The number of fused-ring (bicyclic) bond motifs is 12. The summed E-state index contributed by atoms with van der Waals surface area (Å²) in [4.78, 5) is 2.43. The van der Waals surface area contributed by atoms with Gasteiger partial charge >= 0.3 is 0 Å². The number of nitrogens with zero attached hydrogens (tertiary/aromatic N) is 1. The van der Waals surface area contributed by atoms with Gasteiger partial charge in [0.15, 0.2) is 11.5 Å². The van der Waals surface area contributed by atoms with E-state index in [2.05, 4.69) is 252 Å². The van der Waals surface area contributed by atoms with Gasteiger partial charge in [-0.15, -0.1) is 0 Å². The number of hydrogen-bond acceptors (Lipinski definition) is 4. The predicted molar refractivity (Wildman–Crippen MR) is 314 cm³/mol. The molecular weight excluding hydrogens is 900 g/mol. The Hall–Kier alpha value is -7.24. The lowest BCUT2D eigenvalue weighted by Gasteiger charge is -2.41. The fourth-order valence-corrected chi connectivity index (χ4v) is 12.9. The first-order valence-electron chi connectivity index (χ1n) is 26.8. The molecule has 74 heavy (non-hydrogen) atoms. The third-order valence-electron chi connectivity index (χ3n) is 17.3. The highest BCUT2D eigenvalue weighted by Crippen LogP contribution is 2.56. The first-order chi connectivity index (χ1) is 35.2. The minimum Gasteiger partial charge on any atom is -0.454 e. The third-order valence-corrected chi connectivity index (χ3v) is 17.3. The number of furan rings is 2. The van der Waals surface area contributed by atoms with Crippen molar-refractivity contribution in [1.82, 2.24) is 0 Å². The van der Waals surface area contributed by atoms with E-state index in [9.17, 15) is 0 Å². The minimum absolute atomic E-state index is 0.00474. The lowest BCUT2D eigenvalue weighted by atomic mass is 9.57. The summed E-state index contributed by atoms with van der Waals surface area (Å²) in [7, 11) is 2.43. The molecule has 367 valence electrons. The summed E-state index contributed by atoms with van der Waals surface area (Å²) >= 11 is 0. The van der Waals surface area contributed by atoms with E-state index in [-0.39, 0.29) is 27.1 Å². The largest absolute Gasteiger partial charge is 0.454 e. The summed E-state index contributed by atoms with van der Waals surface area (Å²) in [5.41, 5.74) is 23.6. The van der Waals surface area contributed by atoms with Gasteiger partial charge < -0.3 is 14.2 Å². The van der Waals surface area contributed by atoms with E-state index in [0.29, 0.717) is 0 Å². The van der Waals surface area contributed by atoms with Crippen LogP contribution in [-0.2, 0) is 27.1 Å². The van der Waals surface area contributed by atoms with Crippen molar-refractivity contribution in [2.24, 2.45) is 0 Å². The zero-order valence-corrected chi connectivity index (χ0v) is 45.2. The topological polar surface area (TPSA) is 41.6 Å². The van der Waals surface area contributed by atoms with Crippen LogP contribution in [0.2, 0.25) is 0 Å². The van der Waals surface area contributed by atoms with Crippen molar-refractivity contribution >= 4 is 79.7 Å². The molecule has 5 heteroatoms. The normalized spacial score (nSPS) is 16.1. The fourth-order valence-electron chi connectivity index (χ4n) is 12.9. The zero-order chi connectivity index (χ0) is 51.4. The average Bonchev–Trinajstić information content (AvgIpc) is 4.04. The molecule has 10 aromatic rings. The quantitative estimate of drug-likeness (QED) is 0.175. The van der Waals surface area contributed by atoms with E-state index in [1.807, 2.05) is 0 Å². The van der Waals surface area contributed by atoms with Gasteiger partial charge in [-0.05, 0) is 150 Å². The molecule has 0 amide bonds. The first kappa shape index (κ1) is 46.5. The highest BCUT2D eigenvalue weighted by molar-refractivity contribution is 6.76. The molecule has 4 nitrogen and oxygen atoms in total. The summed E-state index contributed by atoms with van der Waals surface area (Å²) in [5, 5.41) is 7.41. The van der Waals surface area contributed by atoms with Crippen LogP contribution in [0.25, 0.3) is 66.3 Å². The second-order valence-electron chi connectivity index (χ2n) is 25.5. The third kappa shape index (κ3) is 7.01. The molecule has 0 fully saturated rings. The molecule has 1 aliphatic heterocycles. The Morgan fingerprint density at radius 1 is 0.500 bits per heavy atom. The van der Waals surface area contributed by atoms with Gasteiger partial charge in [0.1, 0.15) is 11.2 Å². The number of benzene rings is 8. The van der Waals surface area contributed by atoms with E-state index < -0.39 is 0 Å². The lowest BCUT2D eigenvalue weighted by Crippen LogP contribution is -2.40. The summed E-state index contributed by atoms with van der Waals surface area (Å²) in [6.07, 6.45) is 2.25. The number of anilines is 5. The van der Waals surface area contributed by atoms with Gasteiger partial charge in [0, 0.05) is 38.4 Å². The maximum atomic E-state index is 7.50. The Morgan fingerprint density at radius 2 is 1.15 bits per heavy atom. The van der Waals surface area contributed by atoms with Crippen molar-refractivity contribution < 1.29 is 8.83 Å². The number of nitrogens with one attached hydrogen (secondary N) is 1. The predicted octanol–water partition coefficient (Wildman–Crippen LogP) is 18.1. The van der Waals surface area contributed by atoms with Gasteiger partial charge in [-0.25, -0.2) is 0 Å². The van der Waals surface area contributed by atoms with E-state index in [1.54, 1.807) is 0 Å². The van der Waals surface area contributed by atoms with Crippen molar-refractivity contribution in [1.29, 1.82) is 0 Å². The molecule has 0 atom stereocenters. The summed E-state index contributed by atoms with van der Waals surface area (Å²) in [5.74, 6) is 0.799. The fraction of sp³-hybridized carbons (Fsp3) is 0.275. The van der Waals surface area contributed by atoms with Crippen LogP contribution >= 0.6 is 0 Å². The molecule has 2 aromatic heterocycles. The molecule has 3 aliphatic rings. The van der Waals surface area contributed by atoms with E-state index >= 15 is 0 Å². The minimum atomic E-state index is -0.301. The second-order valence-corrected chi connectivity index (χ2v) is 25.5. The Balaban J connectivity index is 1.17. The monoisotopic (exact) mass is 966 g/mol. The van der Waals surface area contributed by atoms with Crippen molar-refractivity contribution in [3.63, 3.8) is 0 Å². The molecule has 0 unspecified atom stereocenters. The van der Waals surface area contributed by atoms with Gasteiger partial charge in [0.2, 0.25) is 7.28 Å². The van der Waals surface area contributed by atoms with Gasteiger partial charge in [0.25, 0.3) is 0 Å². The molecule has 1 radical (unpaired) electrons. The average molecular weight is 966 g/mol. The molecule has 3 heterocycles. The molecule has 2 aliphatic carbocycles. The molecule has 0 saturated carbocycles. The van der Waals surface area contributed by atoms with Crippen LogP contribution in [0, 0.1) is 0 Å².